The Labute approximate surface area is 251 Å². The fourth-order valence-electron chi connectivity index (χ4n) is 5.62. The second-order valence-corrected chi connectivity index (χ2v) is 14.3. The van der Waals surface area contributed by atoms with Crippen LogP contribution < -0.4 is 11.1 Å². The number of thioether (sulfide) groups is 2. The van der Waals surface area contributed by atoms with E-state index in [0.29, 0.717) is 23.1 Å². The number of hydrogen-bond donors (Lipinski definition) is 2. The second-order valence-electron chi connectivity index (χ2n) is 11.3. The number of ether oxygens (including phenoxy) is 1. The van der Waals surface area contributed by atoms with Gasteiger partial charge in [-0.2, -0.15) is 5.10 Å². The molecular formula is C30H30N8O2S2. The summed E-state index contributed by atoms with van der Waals surface area (Å²) in [5, 5.41) is 7.51. The third kappa shape index (κ3) is 4.68. The van der Waals surface area contributed by atoms with E-state index in [0.717, 1.165) is 40.3 Å². The Hall–Kier alpha value is -4.03. The average molecular weight is 599 g/mol. The number of alkyl carbamates (subject to hydrolysis) is 1. The number of nitrogen functional groups attached to an aromatic ring is 1. The van der Waals surface area contributed by atoms with E-state index in [9.17, 15) is 4.79 Å². The first-order valence-corrected chi connectivity index (χ1v) is 15.7. The number of amides is 1. The van der Waals surface area contributed by atoms with Crippen molar-refractivity contribution in [3.05, 3.63) is 78.2 Å². The molecule has 0 unspecified atom stereocenters. The number of imidazole rings is 1. The van der Waals surface area contributed by atoms with Crippen LogP contribution in [0.5, 0.6) is 0 Å². The van der Waals surface area contributed by atoms with Gasteiger partial charge in [0.25, 0.3) is 0 Å². The molecule has 12 heteroatoms. The van der Waals surface area contributed by atoms with Crippen LogP contribution in [-0.4, -0.2) is 52.5 Å². The van der Waals surface area contributed by atoms with Crippen LogP contribution in [0.3, 0.4) is 0 Å². The van der Waals surface area contributed by atoms with Crippen LogP contribution in [0.25, 0.3) is 34.1 Å². The lowest BCUT2D eigenvalue weighted by molar-refractivity contribution is 0.0503. The number of fused-ring (bicyclic) bond motifs is 3. The Kier molecular flexibility index (Phi) is 6.43. The van der Waals surface area contributed by atoms with Crippen molar-refractivity contribution >= 4 is 46.6 Å². The number of carbonyl (C=O) groups is 1. The van der Waals surface area contributed by atoms with Gasteiger partial charge in [-0.3, -0.25) is 4.57 Å². The highest BCUT2D eigenvalue weighted by Crippen LogP contribution is 2.62. The summed E-state index contributed by atoms with van der Waals surface area (Å²) in [4.78, 5) is 27.1. The number of hydrogen-bond acceptors (Lipinski definition) is 9. The number of nitrogens with two attached hydrogens (primary N) is 1. The highest BCUT2D eigenvalue weighted by atomic mass is 32.2. The van der Waals surface area contributed by atoms with Crippen LogP contribution in [0.1, 0.15) is 44.4 Å². The van der Waals surface area contributed by atoms with E-state index in [2.05, 4.69) is 33.6 Å². The molecule has 1 spiro atoms. The lowest BCUT2D eigenvalue weighted by Gasteiger charge is -2.24. The molecule has 2 aliphatic rings. The van der Waals surface area contributed by atoms with Gasteiger partial charge in [0.15, 0.2) is 17.3 Å². The van der Waals surface area contributed by atoms with E-state index in [-0.39, 0.29) is 10.1 Å². The molecule has 7 rings (SSSR count). The van der Waals surface area contributed by atoms with E-state index in [1.54, 1.807) is 17.1 Å². The number of nitrogens with one attached hydrogen (secondary N) is 1. The smallest absolute Gasteiger partial charge is 0.408 e. The highest BCUT2D eigenvalue weighted by Gasteiger charge is 2.48. The molecular weight excluding hydrogens is 569 g/mol. The van der Waals surface area contributed by atoms with Crippen molar-refractivity contribution in [3.63, 3.8) is 0 Å². The Morgan fingerprint density at radius 1 is 1.10 bits per heavy atom. The first-order valence-electron chi connectivity index (χ1n) is 13.7. The Balaban J connectivity index is 1.39. The summed E-state index contributed by atoms with van der Waals surface area (Å²) in [5.41, 5.74) is 11.1. The van der Waals surface area contributed by atoms with Crippen molar-refractivity contribution in [2.24, 2.45) is 0 Å². The molecule has 1 aliphatic carbocycles. The first-order chi connectivity index (χ1) is 20.2. The second kappa shape index (κ2) is 10.1. The summed E-state index contributed by atoms with van der Waals surface area (Å²) in [6, 6.07) is 15.7. The van der Waals surface area contributed by atoms with E-state index in [4.69, 9.17) is 20.4 Å². The van der Waals surface area contributed by atoms with Gasteiger partial charge in [0.2, 0.25) is 0 Å². The summed E-state index contributed by atoms with van der Waals surface area (Å²) in [5.74, 6) is 3.83. The summed E-state index contributed by atoms with van der Waals surface area (Å²) < 4.78 is 9.21. The van der Waals surface area contributed by atoms with Crippen LogP contribution in [0.15, 0.2) is 67.1 Å². The van der Waals surface area contributed by atoms with Gasteiger partial charge in [0, 0.05) is 35.8 Å². The third-order valence-electron chi connectivity index (χ3n) is 7.31. The molecule has 3 N–H and O–H groups in total. The van der Waals surface area contributed by atoms with Crippen LogP contribution in [-0.2, 0) is 8.82 Å². The van der Waals surface area contributed by atoms with Gasteiger partial charge in [0.05, 0.1) is 15.7 Å². The standard InChI is InChI=1S/C30H30N8O2S2/c1-29(2,3)40-28(39)35-23-17-30(41-14-15-42-30)21-16-18(7-8-19(21)23)38-26(20-6-4-11-32-25(20)31)34-22-9-10-24(36-27(22)38)37-13-5-12-33-37/h4-13,16,23H,14-15,17H2,1-3H3,(H2,31,32)(H,35,39)/t23-/m0/s1. The molecule has 1 fully saturated rings. The first kappa shape index (κ1) is 26.8. The number of nitrogens with zero attached hydrogens (tertiary/aromatic N) is 6. The number of pyridine rings is 2. The zero-order valence-corrected chi connectivity index (χ0v) is 25.1. The van der Waals surface area contributed by atoms with E-state index in [1.807, 2.05) is 85.4 Å². The lowest BCUT2D eigenvalue weighted by Crippen LogP contribution is -2.34. The minimum atomic E-state index is -0.570. The maximum Gasteiger partial charge on any atom is 0.408 e. The Morgan fingerprint density at radius 3 is 2.67 bits per heavy atom. The van der Waals surface area contributed by atoms with Crippen molar-refractivity contribution in [2.45, 2.75) is 42.9 Å². The van der Waals surface area contributed by atoms with Crippen LogP contribution in [0.4, 0.5) is 10.6 Å². The van der Waals surface area contributed by atoms with Gasteiger partial charge < -0.3 is 15.8 Å². The minimum absolute atomic E-state index is 0.153. The van der Waals surface area contributed by atoms with E-state index in [1.165, 1.54) is 5.56 Å². The molecule has 1 amide bonds. The van der Waals surface area contributed by atoms with Crippen LogP contribution in [0, 0.1) is 0 Å². The normalized spacial score (nSPS) is 17.5. The molecule has 1 saturated heterocycles. The lowest BCUT2D eigenvalue weighted by atomic mass is 10.1. The minimum Gasteiger partial charge on any atom is -0.444 e. The quantitative estimate of drug-likeness (QED) is 0.262. The van der Waals surface area contributed by atoms with Crippen molar-refractivity contribution in [1.29, 1.82) is 0 Å². The fourth-order valence-corrected chi connectivity index (χ4v) is 9.02. The summed E-state index contributed by atoms with van der Waals surface area (Å²) in [7, 11) is 0. The molecule has 4 aromatic heterocycles. The molecule has 5 heterocycles. The molecule has 5 aromatic rings. The van der Waals surface area contributed by atoms with Crippen LogP contribution >= 0.6 is 23.5 Å². The molecule has 42 heavy (non-hydrogen) atoms. The third-order valence-corrected chi connectivity index (χ3v) is 10.8. The molecule has 1 aliphatic heterocycles. The zero-order chi connectivity index (χ0) is 29.1. The van der Waals surface area contributed by atoms with Gasteiger partial charge in [0.1, 0.15) is 16.9 Å². The van der Waals surface area contributed by atoms with Gasteiger partial charge in [-0.05, 0) is 80.8 Å². The van der Waals surface area contributed by atoms with Crippen molar-refractivity contribution in [1.82, 2.24) is 34.6 Å². The summed E-state index contributed by atoms with van der Waals surface area (Å²) in [6.45, 7) is 5.62. The SMILES string of the molecule is CC(C)(C)OC(=O)N[C@H]1CC2(SCCS2)c2cc(-n3c(-c4cccnc4N)nc4ccc(-n5cccn5)nc43)ccc21. The molecule has 0 bridgehead atoms. The number of anilines is 1. The van der Waals surface area contributed by atoms with Crippen molar-refractivity contribution in [3.8, 4) is 22.9 Å². The number of rotatable bonds is 4. The molecule has 0 radical (unpaired) electrons. The van der Waals surface area contributed by atoms with Gasteiger partial charge in [-0.1, -0.05) is 6.07 Å². The Morgan fingerprint density at radius 2 is 1.93 bits per heavy atom. The number of carbonyl (C=O) groups excluding carboxylic acids is 1. The maximum absolute atomic E-state index is 12.8. The highest BCUT2D eigenvalue weighted by molar-refractivity contribution is 8.20. The zero-order valence-electron chi connectivity index (χ0n) is 23.4. The predicted molar refractivity (Wildman–Crippen MR) is 167 cm³/mol. The van der Waals surface area contributed by atoms with Gasteiger partial charge >= 0.3 is 6.09 Å². The number of benzene rings is 1. The topological polar surface area (TPSA) is 126 Å². The molecule has 10 nitrogen and oxygen atoms in total. The molecule has 1 aromatic carbocycles. The monoisotopic (exact) mass is 598 g/mol. The molecule has 1 atom stereocenters. The van der Waals surface area contributed by atoms with Crippen molar-refractivity contribution < 1.29 is 9.53 Å². The average Bonchev–Trinajstić information content (AvgIpc) is 3.75. The van der Waals surface area contributed by atoms with E-state index < -0.39 is 11.7 Å². The van der Waals surface area contributed by atoms with Crippen LogP contribution in [0.2, 0.25) is 0 Å². The predicted octanol–water partition coefficient (Wildman–Crippen LogP) is 5.85. The molecule has 0 saturated carbocycles. The fraction of sp³-hybridized carbons (Fsp3) is 0.300. The molecule has 214 valence electrons. The van der Waals surface area contributed by atoms with E-state index >= 15 is 0 Å². The van der Waals surface area contributed by atoms with Gasteiger partial charge in [-0.15, -0.1) is 23.5 Å². The largest absolute Gasteiger partial charge is 0.444 e. The Bertz CT molecular complexity index is 1810. The summed E-state index contributed by atoms with van der Waals surface area (Å²) >= 11 is 3.88. The number of aromatic nitrogens is 6. The van der Waals surface area contributed by atoms with Crippen molar-refractivity contribution in [2.75, 3.05) is 17.2 Å². The maximum atomic E-state index is 12.8. The van der Waals surface area contributed by atoms with Gasteiger partial charge in [-0.25, -0.2) is 24.4 Å². The summed E-state index contributed by atoms with van der Waals surface area (Å²) in [6.07, 6.45) is 5.64.